The van der Waals surface area contributed by atoms with Crippen LogP contribution in [0.1, 0.15) is 45.1 Å². The van der Waals surface area contributed by atoms with E-state index in [1.54, 1.807) is 18.4 Å². The number of carbonyl (C=O) groups is 1. The number of nitrogens with zero attached hydrogens (tertiary/aromatic N) is 3. The van der Waals surface area contributed by atoms with Crippen LogP contribution < -0.4 is 10.6 Å². The molecule has 1 amide bonds. The Labute approximate surface area is 194 Å². The number of rotatable bonds is 6. The quantitative estimate of drug-likeness (QED) is 0.342. The SMILES string of the molecule is CN=C(NCCc1ncc(C)s1)NCc1cccc(C(=O)N2CCCCC2)c1.I. The lowest BCUT2D eigenvalue weighted by atomic mass is 10.1. The summed E-state index contributed by atoms with van der Waals surface area (Å²) in [6.07, 6.45) is 6.22. The normalized spacial score (nSPS) is 14.3. The molecular weight excluding hydrogens is 497 g/mol. The standard InChI is InChI=1S/C21H29N5OS.HI/c1-16-14-24-19(28-16)9-10-23-21(22-2)25-15-17-7-6-8-18(13-17)20(27)26-11-4-3-5-12-26;/h6-8,13-14H,3-5,9-12,15H2,1-2H3,(H2,22,23,25);1H. The number of carbonyl (C=O) groups excluding carboxylic acids is 1. The van der Waals surface area contributed by atoms with Gasteiger partial charge in [0, 0.05) is 56.3 Å². The number of benzene rings is 1. The molecule has 0 aliphatic carbocycles. The van der Waals surface area contributed by atoms with Gasteiger partial charge in [0.05, 0.1) is 5.01 Å². The molecule has 1 saturated heterocycles. The minimum absolute atomic E-state index is 0. The van der Waals surface area contributed by atoms with E-state index in [1.807, 2.05) is 35.4 Å². The van der Waals surface area contributed by atoms with Crippen LogP contribution in [0.25, 0.3) is 0 Å². The summed E-state index contributed by atoms with van der Waals surface area (Å²) < 4.78 is 0. The molecule has 1 aromatic heterocycles. The zero-order valence-electron chi connectivity index (χ0n) is 17.1. The Morgan fingerprint density at radius 2 is 2.03 bits per heavy atom. The van der Waals surface area contributed by atoms with Gasteiger partial charge in [0.2, 0.25) is 0 Å². The first-order chi connectivity index (χ1) is 13.7. The van der Waals surface area contributed by atoms with Crippen molar-refractivity contribution in [1.82, 2.24) is 20.5 Å². The number of guanidine groups is 1. The zero-order valence-corrected chi connectivity index (χ0v) is 20.3. The van der Waals surface area contributed by atoms with E-state index in [1.165, 1.54) is 11.3 Å². The topological polar surface area (TPSA) is 69.6 Å². The number of thiazole rings is 1. The van der Waals surface area contributed by atoms with Crippen LogP contribution in [0.2, 0.25) is 0 Å². The summed E-state index contributed by atoms with van der Waals surface area (Å²) in [5.41, 5.74) is 1.84. The second-order valence-corrected chi connectivity index (χ2v) is 8.34. The van der Waals surface area contributed by atoms with Crippen molar-refractivity contribution in [3.05, 3.63) is 51.5 Å². The van der Waals surface area contributed by atoms with Crippen molar-refractivity contribution in [2.45, 2.75) is 39.2 Å². The molecule has 2 N–H and O–H groups in total. The summed E-state index contributed by atoms with van der Waals surface area (Å²) in [6, 6.07) is 7.87. The van der Waals surface area contributed by atoms with Crippen LogP contribution in [0, 0.1) is 6.92 Å². The molecule has 8 heteroatoms. The van der Waals surface area contributed by atoms with Gasteiger partial charge in [-0.3, -0.25) is 9.79 Å². The monoisotopic (exact) mass is 527 g/mol. The predicted molar refractivity (Wildman–Crippen MR) is 130 cm³/mol. The highest BCUT2D eigenvalue weighted by atomic mass is 127. The molecule has 1 fully saturated rings. The average Bonchev–Trinajstić information content (AvgIpc) is 3.16. The van der Waals surface area contributed by atoms with Gasteiger partial charge in [-0.15, -0.1) is 35.3 Å². The molecule has 0 saturated carbocycles. The molecule has 158 valence electrons. The van der Waals surface area contributed by atoms with Crippen molar-refractivity contribution < 1.29 is 4.79 Å². The Kier molecular flexibility index (Phi) is 9.86. The summed E-state index contributed by atoms with van der Waals surface area (Å²) in [5.74, 6) is 0.892. The van der Waals surface area contributed by atoms with Crippen molar-refractivity contribution >= 4 is 47.2 Å². The van der Waals surface area contributed by atoms with Gasteiger partial charge in [0.25, 0.3) is 5.91 Å². The number of hydrogen-bond acceptors (Lipinski definition) is 4. The van der Waals surface area contributed by atoms with Gasteiger partial charge in [-0.1, -0.05) is 12.1 Å². The van der Waals surface area contributed by atoms with Crippen LogP contribution in [0.4, 0.5) is 0 Å². The molecule has 2 aromatic rings. The van der Waals surface area contributed by atoms with Crippen LogP contribution in [-0.2, 0) is 13.0 Å². The summed E-state index contributed by atoms with van der Waals surface area (Å²) in [6.45, 7) is 5.21. The Balaban J connectivity index is 0.00000300. The summed E-state index contributed by atoms with van der Waals surface area (Å²) in [7, 11) is 1.76. The predicted octanol–water partition coefficient (Wildman–Crippen LogP) is 3.60. The van der Waals surface area contributed by atoms with Crippen LogP contribution in [0.15, 0.2) is 35.5 Å². The molecular formula is C21H30IN5OS. The van der Waals surface area contributed by atoms with Crippen molar-refractivity contribution in [3.8, 4) is 0 Å². The second-order valence-electron chi connectivity index (χ2n) is 7.02. The molecule has 0 radical (unpaired) electrons. The van der Waals surface area contributed by atoms with E-state index in [-0.39, 0.29) is 29.9 Å². The van der Waals surface area contributed by atoms with Gasteiger partial charge >= 0.3 is 0 Å². The number of piperidine rings is 1. The maximum absolute atomic E-state index is 12.7. The fraction of sp³-hybridized carbons (Fsp3) is 0.476. The third-order valence-electron chi connectivity index (χ3n) is 4.80. The average molecular weight is 527 g/mol. The zero-order chi connectivity index (χ0) is 19.8. The van der Waals surface area contributed by atoms with E-state index in [0.717, 1.165) is 61.0 Å². The van der Waals surface area contributed by atoms with E-state index >= 15 is 0 Å². The van der Waals surface area contributed by atoms with Gasteiger partial charge in [-0.2, -0.15) is 0 Å². The summed E-state index contributed by atoms with van der Waals surface area (Å²) >= 11 is 1.73. The Bertz CT molecular complexity index is 817. The molecule has 0 spiro atoms. The van der Waals surface area contributed by atoms with Gasteiger partial charge in [-0.05, 0) is 43.9 Å². The molecule has 2 heterocycles. The minimum Gasteiger partial charge on any atom is -0.356 e. The first-order valence-electron chi connectivity index (χ1n) is 9.90. The van der Waals surface area contributed by atoms with Gasteiger partial charge in [0.15, 0.2) is 5.96 Å². The van der Waals surface area contributed by atoms with Crippen molar-refractivity contribution in [1.29, 1.82) is 0 Å². The lowest BCUT2D eigenvalue weighted by Gasteiger charge is -2.26. The van der Waals surface area contributed by atoms with Crippen LogP contribution in [0.3, 0.4) is 0 Å². The van der Waals surface area contributed by atoms with Crippen LogP contribution >= 0.6 is 35.3 Å². The fourth-order valence-electron chi connectivity index (χ4n) is 3.31. The molecule has 29 heavy (non-hydrogen) atoms. The fourth-order valence-corrected chi connectivity index (χ4v) is 4.09. The van der Waals surface area contributed by atoms with E-state index in [0.29, 0.717) is 6.54 Å². The Morgan fingerprint density at radius 3 is 2.72 bits per heavy atom. The molecule has 6 nitrogen and oxygen atoms in total. The number of nitrogens with one attached hydrogen (secondary N) is 2. The molecule has 1 aliphatic rings. The van der Waals surface area contributed by atoms with Crippen molar-refractivity contribution in [2.24, 2.45) is 4.99 Å². The Hall–Kier alpha value is -1.68. The smallest absolute Gasteiger partial charge is 0.253 e. The van der Waals surface area contributed by atoms with Gasteiger partial charge < -0.3 is 15.5 Å². The van der Waals surface area contributed by atoms with Crippen molar-refractivity contribution in [2.75, 3.05) is 26.7 Å². The molecule has 3 rings (SSSR count). The third kappa shape index (κ3) is 7.26. The largest absolute Gasteiger partial charge is 0.356 e. The number of likely N-dealkylation sites (tertiary alicyclic amines) is 1. The number of halogens is 1. The maximum atomic E-state index is 12.7. The number of amides is 1. The molecule has 0 atom stereocenters. The number of aliphatic imine (C=N–C) groups is 1. The third-order valence-corrected chi connectivity index (χ3v) is 5.77. The minimum atomic E-state index is 0. The molecule has 0 bridgehead atoms. The number of aromatic nitrogens is 1. The van der Waals surface area contributed by atoms with Gasteiger partial charge in [0.1, 0.15) is 0 Å². The van der Waals surface area contributed by atoms with Crippen LogP contribution in [-0.4, -0.2) is 48.4 Å². The second kappa shape index (κ2) is 12.1. The number of hydrogen-bond donors (Lipinski definition) is 2. The highest BCUT2D eigenvalue weighted by Crippen LogP contribution is 2.14. The van der Waals surface area contributed by atoms with E-state index in [2.05, 4.69) is 27.5 Å². The number of aryl methyl sites for hydroxylation is 1. The van der Waals surface area contributed by atoms with Crippen molar-refractivity contribution in [3.63, 3.8) is 0 Å². The molecule has 1 aliphatic heterocycles. The summed E-state index contributed by atoms with van der Waals surface area (Å²) in [4.78, 5) is 24.5. The molecule has 0 unspecified atom stereocenters. The molecule has 1 aromatic carbocycles. The first kappa shape index (κ1) is 23.6. The van der Waals surface area contributed by atoms with E-state index < -0.39 is 0 Å². The lowest BCUT2D eigenvalue weighted by Crippen LogP contribution is -2.38. The summed E-state index contributed by atoms with van der Waals surface area (Å²) in [5, 5.41) is 7.77. The van der Waals surface area contributed by atoms with E-state index in [9.17, 15) is 4.79 Å². The lowest BCUT2D eigenvalue weighted by molar-refractivity contribution is 0.0724. The van der Waals surface area contributed by atoms with E-state index in [4.69, 9.17) is 0 Å². The highest BCUT2D eigenvalue weighted by molar-refractivity contribution is 14.0. The van der Waals surface area contributed by atoms with Gasteiger partial charge in [-0.25, -0.2) is 4.98 Å². The first-order valence-corrected chi connectivity index (χ1v) is 10.7. The van der Waals surface area contributed by atoms with Crippen LogP contribution in [0.5, 0.6) is 0 Å². The maximum Gasteiger partial charge on any atom is 0.253 e. The highest BCUT2D eigenvalue weighted by Gasteiger charge is 2.18. The Morgan fingerprint density at radius 1 is 1.24 bits per heavy atom.